The highest BCUT2D eigenvalue weighted by Gasteiger charge is 2.39. The van der Waals surface area contributed by atoms with E-state index >= 15 is 0 Å². The maximum atomic E-state index is 13.1. The summed E-state index contributed by atoms with van der Waals surface area (Å²) in [4.78, 5) is 2.47. The Morgan fingerprint density at radius 3 is 2.26 bits per heavy atom. The van der Waals surface area contributed by atoms with E-state index in [0.29, 0.717) is 12.6 Å². The third kappa shape index (κ3) is 4.67. The average molecular weight is 383 g/mol. The van der Waals surface area contributed by atoms with Crippen molar-refractivity contribution in [2.75, 3.05) is 19.6 Å². The van der Waals surface area contributed by atoms with Crippen molar-refractivity contribution in [3.8, 4) is 0 Å². The molecule has 1 atom stereocenters. The van der Waals surface area contributed by atoms with E-state index in [0.717, 1.165) is 25.1 Å². The molecule has 1 aliphatic carbocycles. The van der Waals surface area contributed by atoms with Crippen LogP contribution in [0, 0.1) is 0 Å². The van der Waals surface area contributed by atoms with Crippen molar-refractivity contribution in [3.05, 3.63) is 77.2 Å². The molecule has 1 unspecified atom stereocenters. The van der Waals surface area contributed by atoms with Crippen LogP contribution in [0.5, 0.6) is 0 Å². The van der Waals surface area contributed by atoms with Gasteiger partial charge in [0.15, 0.2) is 0 Å². The fourth-order valence-electron chi connectivity index (χ4n) is 3.83. The van der Waals surface area contributed by atoms with Gasteiger partial charge in [0, 0.05) is 37.1 Å². The van der Waals surface area contributed by atoms with Gasteiger partial charge in [-0.25, -0.2) is 8.42 Å². The number of hydrogen-bond donors (Lipinski definition) is 0. The minimum atomic E-state index is -3.45. The Hall–Kier alpha value is -1.95. The Morgan fingerprint density at radius 2 is 1.59 bits per heavy atom. The summed E-state index contributed by atoms with van der Waals surface area (Å²) < 4.78 is 27.9. The molecule has 0 amide bonds. The Kier molecular flexibility index (Phi) is 5.43. The van der Waals surface area contributed by atoms with E-state index in [2.05, 4.69) is 17.0 Å². The summed E-state index contributed by atoms with van der Waals surface area (Å²) in [6, 6.07) is 20.4. The van der Waals surface area contributed by atoms with Gasteiger partial charge in [0.2, 0.25) is 10.0 Å². The van der Waals surface area contributed by atoms with Crippen LogP contribution in [-0.4, -0.2) is 49.3 Å². The molecule has 4 nitrogen and oxygen atoms in total. The van der Waals surface area contributed by atoms with Gasteiger partial charge in [0.05, 0.1) is 0 Å². The molecule has 2 fully saturated rings. The summed E-state index contributed by atoms with van der Waals surface area (Å²) in [5, 5.41) is 1.37. The predicted molar refractivity (Wildman–Crippen MR) is 110 cm³/mol. The van der Waals surface area contributed by atoms with Crippen LogP contribution < -0.4 is 0 Å². The quantitative estimate of drug-likeness (QED) is 0.769. The van der Waals surface area contributed by atoms with Gasteiger partial charge in [0.1, 0.15) is 0 Å². The summed E-state index contributed by atoms with van der Waals surface area (Å²) >= 11 is 0. The molecule has 142 valence electrons. The second-order valence-electron chi connectivity index (χ2n) is 7.44. The maximum Gasteiger partial charge on any atom is 0.236 e. The first-order chi connectivity index (χ1) is 13.1. The van der Waals surface area contributed by atoms with Gasteiger partial charge in [-0.2, -0.15) is 4.31 Å². The van der Waals surface area contributed by atoms with Crippen LogP contribution in [0.15, 0.2) is 66.1 Å². The molecule has 2 aromatic carbocycles. The minimum absolute atomic E-state index is 0.0211. The predicted octanol–water partition coefficient (Wildman–Crippen LogP) is 3.38. The SMILES string of the molecule is O=S(=O)(/C=C/c1ccccc1)N1CCN(C2CC2)CC1Cc1ccccc1. The van der Waals surface area contributed by atoms with Crippen molar-refractivity contribution < 1.29 is 8.42 Å². The van der Waals surface area contributed by atoms with Crippen LogP contribution in [0.25, 0.3) is 6.08 Å². The molecule has 0 bridgehead atoms. The molecule has 2 aliphatic rings. The van der Waals surface area contributed by atoms with Crippen LogP contribution in [0.3, 0.4) is 0 Å². The van der Waals surface area contributed by atoms with Crippen molar-refractivity contribution in [2.24, 2.45) is 0 Å². The zero-order chi connectivity index (χ0) is 18.7. The third-order valence-corrected chi connectivity index (χ3v) is 7.01. The Labute approximate surface area is 162 Å². The second-order valence-corrected chi connectivity index (χ2v) is 9.21. The number of nitrogens with zero attached hydrogens (tertiary/aromatic N) is 2. The molecule has 5 heteroatoms. The third-order valence-electron chi connectivity index (χ3n) is 5.40. The molecule has 4 rings (SSSR count). The summed E-state index contributed by atoms with van der Waals surface area (Å²) in [5.41, 5.74) is 2.09. The van der Waals surface area contributed by atoms with Crippen LogP contribution >= 0.6 is 0 Å². The van der Waals surface area contributed by atoms with Crippen LogP contribution in [0.1, 0.15) is 24.0 Å². The van der Waals surface area contributed by atoms with E-state index in [4.69, 9.17) is 0 Å². The van der Waals surface area contributed by atoms with E-state index in [1.807, 2.05) is 48.5 Å². The van der Waals surface area contributed by atoms with Crippen LogP contribution in [0.2, 0.25) is 0 Å². The number of rotatable bonds is 6. The van der Waals surface area contributed by atoms with E-state index in [9.17, 15) is 8.42 Å². The average Bonchev–Trinajstić information content (AvgIpc) is 3.53. The molecular formula is C22H26N2O2S. The van der Waals surface area contributed by atoms with E-state index in [1.165, 1.54) is 23.8 Å². The van der Waals surface area contributed by atoms with Crippen molar-refractivity contribution in [3.63, 3.8) is 0 Å². The summed E-state index contributed by atoms with van der Waals surface area (Å²) in [6.07, 6.45) is 4.95. The van der Waals surface area contributed by atoms with Crippen molar-refractivity contribution in [2.45, 2.75) is 31.3 Å². The first-order valence-electron chi connectivity index (χ1n) is 9.65. The van der Waals surface area contributed by atoms with Crippen molar-refractivity contribution in [1.82, 2.24) is 9.21 Å². The largest absolute Gasteiger partial charge is 0.297 e. The first-order valence-corrected chi connectivity index (χ1v) is 11.1. The van der Waals surface area contributed by atoms with Crippen LogP contribution in [-0.2, 0) is 16.4 Å². The van der Waals surface area contributed by atoms with Crippen molar-refractivity contribution >= 4 is 16.1 Å². The highest BCUT2D eigenvalue weighted by molar-refractivity contribution is 7.92. The fraction of sp³-hybridized carbons (Fsp3) is 0.364. The van der Waals surface area contributed by atoms with Gasteiger partial charge in [-0.15, -0.1) is 0 Å². The monoisotopic (exact) mass is 382 g/mol. The standard InChI is InChI=1S/C22H26N2O2S/c25-27(26,16-13-19-7-3-1-4-8-19)24-15-14-23(21-11-12-21)18-22(24)17-20-9-5-2-6-10-20/h1-10,13,16,21-22H,11-12,14-15,17-18H2/b16-13+. The number of sulfonamides is 1. The number of benzene rings is 2. The zero-order valence-corrected chi connectivity index (χ0v) is 16.3. The van der Waals surface area contributed by atoms with E-state index < -0.39 is 10.0 Å². The second kappa shape index (κ2) is 7.97. The molecule has 0 aromatic heterocycles. The Balaban J connectivity index is 1.55. The molecule has 1 heterocycles. The first kappa shape index (κ1) is 18.4. The summed E-state index contributed by atoms with van der Waals surface area (Å²) in [5.74, 6) is 0. The fourth-order valence-corrected chi connectivity index (χ4v) is 5.21. The number of piperazine rings is 1. The lowest BCUT2D eigenvalue weighted by molar-refractivity contribution is 0.129. The van der Waals surface area contributed by atoms with Gasteiger partial charge >= 0.3 is 0 Å². The normalized spacial score (nSPS) is 22.3. The highest BCUT2D eigenvalue weighted by Crippen LogP contribution is 2.30. The van der Waals surface area contributed by atoms with E-state index in [1.54, 1.807) is 10.4 Å². The van der Waals surface area contributed by atoms with Gasteiger partial charge in [-0.1, -0.05) is 60.7 Å². The molecule has 0 spiro atoms. The molecule has 27 heavy (non-hydrogen) atoms. The molecule has 0 radical (unpaired) electrons. The zero-order valence-electron chi connectivity index (χ0n) is 15.4. The van der Waals surface area contributed by atoms with Crippen LogP contribution in [0.4, 0.5) is 0 Å². The molecular weight excluding hydrogens is 356 g/mol. The van der Waals surface area contributed by atoms with Gasteiger partial charge in [-0.3, -0.25) is 4.90 Å². The minimum Gasteiger partial charge on any atom is -0.297 e. The van der Waals surface area contributed by atoms with Gasteiger partial charge < -0.3 is 0 Å². The molecule has 1 aliphatic heterocycles. The molecule has 1 saturated heterocycles. The maximum absolute atomic E-state index is 13.1. The topological polar surface area (TPSA) is 40.6 Å². The highest BCUT2D eigenvalue weighted by atomic mass is 32.2. The Bertz CT molecular complexity index is 877. The van der Waals surface area contributed by atoms with Gasteiger partial charge in [0.25, 0.3) is 0 Å². The summed E-state index contributed by atoms with van der Waals surface area (Å²) in [6.45, 7) is 2.21. The lowest BCUT2D eigenvalue weighted by Gasteiger charge is -2.40. The van der Waals surface area contributed by atoms with Crippen molar-refractivity contribution in [1.29, 1.82) is 0 Å². The lowest BCUT2D eigenvalue weighted by Crippen LogP contribution is -2.55. The smallest absolute Gasteiger partial charge is 0.236 e. The Morgan fingerprint density at radius 1 is 0.926 bits per heavy atom. The van der Waals surface area contributed by atoms with E-state index in [-0.39, 0.29) is 6.04 Å². The lowest BCUT2D eigenvalue weighted by atomic mass is 10.0. The number of hydrogen-bond acceptors (Lipinski definition) is 3. The molecule has 2 aromatic rings. The summed E-state index contributed by atoms with van der Waals surface area (Å²) in [7, 11) is -3.45. The molecule has 1 saturated carbocycles. The molecule has 0 N–H and O–H groups in total. The van der Waals surface area contributed by atoms with Gasteiger partial charge in [-0.05, 0) is 36.5 Å².